The van der Waals surface area contributed by atoms with E-state index in [0.717, 1.165) is 12.1 Å². The zero-order chi connectivity index (χ0) is 22.8. The predicted octanol–water partition coefficient (Wildman–Crippen LogP) is 2.70. The quantitative estimate of drug-likeness (QED) is 0.588. The van der Waals surface area contributed by atoms with Crippen LogP contribution in [-0.4, -0.2) is 40.0 Å². The zero-order valence-corrected chi connectivity index (χ0v) is 17.6. The number of nitrogens with zero attached hydrogens (tertiary/aromatic N) is 3. The molecule has 1 aliphatic rings. The summed E-state index contributed by atoms with van der Waals surface area (Å²) >= 11 is 7.02. The third-order valence-electron chi connectivity index (χ3n) is 3.97. The van der Waals surface area contributed by atoms with E-state index in [-0.39, 0.29) is 16.5 Å². The van der Waals surface area contributed by atoms with Crippen LogP contribution in [0.5, 0.6) is 5.75 Å². The Kier molecular flexibility index (Phi) is 6.65. The van der Waals surface area contributed by atoms with Crippen LogP contribution in [0.25, 0.3) is 0 Å². The second-order valence-corrected chi connectivity index (χ2v) is 7.76. The molecular formula is C17H16ClF3N6O3S. The van der Waals surface area contributed by atoms with E-state index in [1.165, 1.54) is 42.1 Å². The lowest BCUT2D eigenvalue weighted by atomic mass is 10.2. The van der Waals surface area contributed by atoms with E-state index < -0.39 is 29.6 Å². The maximum atomic E-state index is 12.6. The summed E-state index contributed by atoms with van der Waals surface area (Å²) in [6.45, 7) is 1.63. The Balaban J connectivity index is 1.72. The van der Waals surface area contributed by atoms with E-state index >= 15 is 0 Å². The summed E-state index contributed by atoms with van der Waals surface area (Å²) in [5.74, 6) is -1.20. The summed E-state index contributed by atoms with van der Waals surface area (Å²) in [4.78, 5) is 28.9. The molecule has 1 aromatic carbocycles. The highest BCUT2D eigenvalue weighted by atomic mass is 35.5. The van der Waals surface area contributed by atoms with Gasteiger partial charge in [-0.1, -0.05) is 23.4 Å². The molecule has 0 aliphatic carbocycles. The van der Waals surface area contributed by atoms with Crippen LogP contribution in [-0.2, 0) is 4.79 Å². The van der Waals surface area contributed by atoms with Gasteiger partial charge < -0.3 is 20.7 Å². The summed E-state index contributed by atoms with van der Waals surface area (Å²) in [5.41, 5.74) is -0.594. The van der Waals surface area contributed by atoms with Crippen LogP contribution in [0.1, 0.15) is 34.6 Å². The zero-order valence-electron chi connectivity index (χ0n) is 16.0. The average Bonchev–Trinajstić information content (AvgIpc) is 3.34. The largest absolute Gasteiger partial charge is 0.573 e. The van der Waals surface area contributed by atoms with Crippen molar-refractivity contribution in [3.63, 3.8) is 0 Å². The summed E-state index contributed by atoms with van der Waals surface area (Å²) < 4.78 is 42.7. The van der Waals surface area contributed by atoms with Crippen LogP contribution in [0.2, 0.25) is 5.02 Å². The number of aromatic nitrogens is 3. The molecule has 2 atom stereocenters. The van der Waals surface area contributed by atoms with Gasteiger partial charge in [0.1, 0.15) is 12.1 Å². The molecule has 0 radical (unpaired) electrons. The number of rotatable bonds is 6. The van der Waals surface area contributed by atoms with E-state index in [2.05, 4.69) is 30.8 Å². The number of carbonyl (C=O) groups excluding carboxylic acids is 2. The molecule has 166 valence electrons. The summed E-state index contributed by atoms with van der Waals surface area (Å²) in [5, 5.41) is 12.2. The highest BCUT2D eigenvalue weighted by Gasteiger charge is 2.32. The number of halogens is 4. The van der Waals surface area contributed by atoms with E-state index in [1.54, 1.807) is 6.92 Å². The number of ether oxygens (including phenoxy) is 1. The normalized spacial score (nSPS) is 16.8. The molecule has 0 saturated heterocycles. The third kappa shape index (κ3) is 5.61. The van der Waals surface area contributed by atoms with Crippen LogP contribution in [0, 0.1) is 0 Å². The predicted molar refractivity (Wildman–Crippen MR) is 106 cm³/mol. The van der Waals surface area contributed by atoms with Gasteiger partial charge in [0.05, 0.1) is 10.9 Å². The minimum Gasteiger partial charge on any atom is -0.406 e. The molecule has 3 N–H and O–H groups in total. The van der Waals surface area contributed by atoms with Crippen molar-refractivity contribution in [3.8, 4) is 5.75 Å². The van der Waals surface area contributed by atoms with Gasteiger partial charge in [-0.15, -0.1) is 13.2 Å². The van der Waals surface area contributed by atoms with E-state index in [4.69, 9.17) is 11.6 Å². The smallest absolute Gasteiger partial charge is 0.406 e. The van der Waals surface area contributed by atoms with Crippen LogP contribution in [0.3, 0.4) is 0 Å². The van der Waals surface area contributed by atoms with Gasteiger partial charge in [-0.25, -0.2) is 9.67 Å². The lowest BCUT2D eigenvalue weighted by Gasteiger charge is -2.19. The fourth-order valence-corrected chi connectivity index (χ4v) is 3.89. The van der Waals surface area contributed by atoms with E-state index in [9.17, 15) is 22.8 Å². The minimum atomic E-state index is -4.92. The molecule has 0 spiro atoms. The Labute approximate surface area is 183 Å². The first-order chi connectivity index (χ1) is 14.6. The highest BCUT2D eigenvalue weighted by Crippen LogP contribution is 2.34. The second kappa shape index (κ2) is 9.06. The van der Waals surface area contributed by atoms with Gasteiger partial charge in [0, 0.05) is 23.8 Å². The molecule has 0 fully saturated rings. The molecule has 0 saturated carbocycles. The molecule has 31 heavy (non-hydrogen) atoms. The molecule has 9 nitrogen and oxygen atoms in total. The number of thioether (sulfide) groups is 1. The van der Waals surface area contributed by atoms with Crippen molar-refractivity contribution in [3.05, 3.63) is 52.0 Å². The number of hydrogen-bond acceptors (Lipinski definition) is 7. The lowest BCUT2D eigenvalue weighted by molar-refractivity contribution is -0.274. The van der Waals surface area contributed by atoms with Crippen molar-refractivity contribution < 1.29 is 27.5 Å². The molecule has 2 amide bonds. The number of alkyl halides is 3. The van der Waals surface area contributed by atoms with Gasteiger partial charge in [-0.3, -0.25) is 9.59 Å². The molecular weight excluding hydrogens is 461 g/mol. The SMILES string of the molecule is CNC(=O)C1=CNC(n2ncnc2[C@H](C)NC(=O)c2cc(Cl)cc(OC(F)(F)F)c2)S1. The standard InChI is InChI=1S/C17H16ClF3N6O3S/c1-8(13-24-7-25-27(13)16-23-6-12(31-16)15(29)22-2)26-14(28)9-3-10(18)5-11(4-9)30-17(19,20)21/h3-8,16,23H,1-2H3,(H,22,29)(H,26,28)/t8-,16?/m0/s1. The fourth-order valence-electron chi connectivity index (χ4n) is 2.68. The number of carbonyl (C=O) groups is 2. The third-order valence-corrected chi connectivity index (χ3v) is 5.31. The summed E-state index contributed by atoms with van der Waals surface area (Å²) in [6.07, 6.45) is -2.10. The van der Waals surface area contributed by atoms with Crippen molar-refractivity contribution in [1.29, 1.82) is 0 Å². The Morgan fingerprint density at radius 3 is 2.74 bits per heavy atom. The van der Waals surface area contributed by atoms with Crippen LogP contribution >= 0.6 is 23.4 Å². The highest BCUT2D eigenvalue weighted by molar-refractivity contribution is 8.04. The Bertz CT molecular complexity index is 1030. The molecule has 14 heteroatoms. The van der Waals surface area contributed by atoms with Crippen molar-refractivity contribution in [2.45, 2.75) is 24.8 Å². The first-order valence-corrected chi connectivity index (χ1v) is 9.94. The number of likely N-dealkylation sites (N-methyl/N-ethyl adjacent to an activating group) is 1. The average molecular weight is 477 g/mol. The number of amides is 2. The Morgan fingerprint density at radius 2 is 2.06 bits per heavy atom. The summed E-state index contributed by atoms with van der Waals surface area (Å²) in [7, 11) is 1.51. The van der Waals surface area contributed by atoms with Crippen molar-refractivity contribution >= 4 is 35.2 Å². The topological polar surface area (TPSA) is 110 Å². The Hall–Kier alpha value is -2.93. The Morgan fingerprint density at radius 1 is 1.32 bits per heavy atom. The molecule has 2 aromatic rings. The van der Waals surface area contributed by atoms with Crippen molar-refractivity contribution in [2.75, 3.05) is 7.05 Å². The van der Waals surface area contributed by atoms with Gasteiger partial charge in [-0.2, -0.15) is 5.10 Å². The van der Waals surface area contributed by atoms with E-state index in [0.29, 0.717) is 10.7 Å². The first-order valence-electron chi connectivity index (χ1n) is 8.69. The van der Waals surface area contributed by atoms with Gasteiger partial charge in [0.2, 0.25) is 0 Å². The maximum Gasteiger partial charge on any atom is 0.573 e. The second-order valence-electron chi connectivity index (χ2n) is 6.21. The van der Waals surface area contributed by atoms with Gasteiger partial charge in [0.15, 0.2) is 11.3 Å². The van der Waals surface area contributed by atoms with Crippen LogP contribution in [0.4, 0.5) is 13.2 Å². The number of nitrogens with one attached hydrogen (secondary N) is 3. The van der Waals surface area contributed by atoms with Crippen molar-refractivity contribution in [1.82, 2.24) is 30.7 Å². The van der Waals surface area contributed by atoms with Gasteiger partial charge >= 0.3 is 6.36 Å². The minimum absolute atomic E-state index is 0.0953. The summed E-state index contributed by atoms with van der Waals surface area (Å²) in [6, 6.07) is 2.42. The lowest BCUT2D eigenvalue weighted by Crippen LogP contribution is -2.30. The molecule has 1 unspecified atom stereocenters. The fraction of sp³-hybridized carbons (Fsp3) is 0.294. The first kappa shape index (κ1) is 22.7. The maximum absolute atomic E-state index is 12.6. The van der Waals surface area contributed by atoms with Gasteiger partial charge in [-0.05, 0) is 25.1 Å². The van der Waals surface area contributed by atoms with E-state index in [1.807, 2.05) is 0 Å². The number of hydrogen-bond donors (Lipinski definition) is 3. The molecule has 1 aliphatic heterocycles. The molecule has 2 heterocycles. The van der Waals surface area contributed by atoms with Crippen molar-refractivity contribution in [2.24, 2.45) is 0 Å². The molecule has 0 bridgehead atoms. The van der Waals surface area contributed by atoms with Crippen LogP contribution in [0.15, 0.2) is 35.6 Å². The molecule has 1 aromatic heterocycles. The monoisotopic (exact) mass is 476 g/mol. The van der Waals surface area contributed by atoms with Crippen LogP contribution < -0.4 is 20.7 Å². The van der Waals surface area contributed by atoms with Gasteiger partial charge in [0.25, 0.3) is 11.8 Å². The molecule has 3 rings (SSSR count). The number of benzene rings is 1.